The molecule has 0 aromatic carbocycles. The van der Waals surface area contributed by atoms with Gasteiger partial charge < -0.3 is 4.74 Å². The molecular formula is C23H43NO4S2. The molecule has 5 nitrogen and oxygen atoms in total. The summed E-state index contributed by atoms with van der Waals surface area (Å²) >= 11 is 0.929. The number of carbonyl (C=O) groups excluding carboxylic acids is 1. The molecule has 176 valence electrons. The van der Waals surface area contributed by atoms with Crippen molar-refractivity contribution in [1.29, 1.82) is 0 Å². The highest BCUT2D eigenvalue weighted by Gasteiger charge is 2.30. The molecule has 0 saturated carbocycles. The summed E-state index contributed by atoms with van der Waals surface area (Å²) in [6, 6.07) is 0. The maximum atomic E-state index is 10.8. The lowest BCUT2D eigenvalue weighted by Crippen LogP contribution is -2.26. The number of allylic oxidation sites excluding steroid dienone is 5. The lowest BCUT2D eigenvalue weighted by atomic mass is 9.68. The third-order valence-electron chi connectivity index (χ3n) is 4.14. The molecule has 1 atom stereocenters. The first-order valence-electron chi connectivity index (χ1n) is 10.2. The van der Waals surface area contributed by atoms with Crippen LogP contribution in [0.25, 0.3) is 0 Å². The molecule has 0 saturated heterocycles. The van der Waals surface area contributed by atoms with E-state index in [9.17, 15) is 13.2 Å². The average Bonchev–Trinajstić information content (AvgIpc) is 2.57. The third-order valence-corrected chi connectivity index (χ3v) is 6.79. The molecule has 1 unspecified atom stereocenters. The maximum Gasteiger partial charge on any atom is 0.306 e. The van der Waals surface area contributed by atoms with Gasteiger partial charge in [-0.3, -0.25) is 4.79 Å². The van der Waals surface area contributed by atoms with Crippen LogP contribution in [-0.4, -0.2) is 37.3 Å². The molecule has 0 spiro atoms. The van der Waals surface area contributed by atoms with Gasteiger partial charge in [-0.2, -0.15) is 0 Å². The third kappa shape index (κ3) is 15.7. The molecule has 0 heterocycles. The van der Waals surface area contributed by atoms with Crippen LogP contribution in [0.15, 0.2) is 36.5 Å². The predicted octanol–water partition coefficient (Wildman–Crippen LogP) is 6.21. The second-order valence-corrected chi connectivity index (χ2v) is 12.7. The van der Waals surface area contributed by atoms with Crippen molar-refractivity contribution < 1.29 is 17.9 Å². The molecule has 0 aliphatic heterocycles. The largest absolute Gasteiger partial charge is 0.453 e. The van der Waals surface area contributed by atoms with Gasteiger partial charge in [0.05, 0.1) is 6.26 Å². The van der Waals surface area contributed by atoms with Crippen molar-refractivity contribution in [3.63, 3.8) is 0 Å². The van der Waals surface area contributed by atoms with Gasteiger partial charge in [-0.25, -0.2) is 8.42 Å². The minimum absolute atomic E-state index is 0.0241. The van der Waals surface area contributed by atoms with Crippen LogP contribution in [-0.2, 0) is 19.6 Å². The summed E-state index contributed by atoms with van der Waals surface area (Å²) in [4.78, 5) is 10.6. The Morgan fingerprint density at radius 1 is 1.20 bits per heavy atom. The van der Waals surface area contributed by atoms with Gasteiger partial charge in [0.1, 0.15) is 0 Å². The van der Waals surface area contributed by atoms with E-state index in [-0.39, 0.29) is 17.3 Å². The van der Waals surface area contributed by atoms with Gasteiger partial charge in [-0.05, 0) is 47.6 Å². The number of hydrogen-bond donors (Lipinski definition) is 0. The first kappa shape index (κ1) is 31.1. The van der Waals surface area contributed by atoms with E-state index in [1.807, 2.05) is 6.08 Å². The number of sulfonamides is 1. The summed E-state index contributed by atoms with van der Waals surface area (Å²) in [6.07, 6.45) is 11.0. The standard InChI is InChI=1S/C17H30.C6H13NO4S2/c1-9-11-14(12-10-2)15(17(6,7)8)13-16(3,4)5;1-4-6(8)11-5-12-7(2)13(3,9)10/h9-12,15H,1,13H2,2-8H3;4-5H2,1-3H3/b12-10-,14-11+;. The Hall–Kier alpha value is -1.05. The van der Waals surface area contributed by atoms with E-state index < -0.39 is 10.0 Å². The molecule has 30 heavy (non-hydrogen) atoms. The van der Waals surface area contributed by atoms with Crippen molar-refractivity contribution >= 4 is 27.9 Å². The van der Waals surface area contributed by atoms with Crippen molar-refractivity contribution in [3.8, 4) is 0 Å². The summed E-state index contributed by atoms with van der Waals surface area (Å²) in [5, 5.41) is 0. The van der Waals surface area contributed by atoms with E-state index in [2.05, 4.69) is 78.0 Å². The quantitative estimate of drug-likeness (QED) is 0.177. The number of rotatable bonds is 9. The van der Waals surface area contributed by atoms with Gasteiger partial charge in [-0.15, -0.1) is 3.71 Å². The fourth-order valence-corrected chi connectivity index (χ4v) is 3.74. The van der Waals surface area contributed by atoms with Crippen LogP contribution in [0.2, 0.25) is 0 Å². The molecule has 0 aromatic heterocycles. The molecular weight excluding hydrogens is 418 g/mol. The van der Waals surface area contributed by atoms with Gasteiger partial charge in [0.2, 0.25) is 10.0 Å². The molecule has 0 aliphatic rings. The van der Waals surface area contributed by atoms with E-state index in [4.69, 9.17) is 0 Å². The molecule has 0 radical (unpaired) electrons. The number of hydrogen-bond acceptors (Lipinski definition) is 5. The first-order chi connectivity index (χ1) is 13.5. The fraction of sp³-hybridized carbons (Fsp3) is 0.696. The van der Waals surface area contributed by atoms with Crippen molar-refractivity contribution in [2.45, 2.75) is 68.2 Å². The Labute approximate surface area is 190 Å². The van der Waals surface area contributed by atoms with Crippen molar-refractivity contribution in [3.05, 3.63) is 36.5 Å². The highest BCUT2D eigenvalue weighted by atomic mass is 32.3. The lowest BCUT2D eigenvalue weighted by Gasteiger charge is -2.36. The molecule has 0 bridgehead atoms. The zero-order valence-corrected chi connectivity index (χ0v) is 22.2. The maximum absolute atomic E-state index is 10.8. The molecule has 0 N–H and O–H groups in total. The van der Waals surface area contributed by atoms with Gasteiger partial charge in [-0.1, -0.05) is 79.3 Å². The van der Waals surface area contributed by atoms with Crippen LogP contribution in [0, 0.1) is 16.7 Å². The van der Waals surface area contributed by atoms with Crippen LogP contribution >= 0.6 is 11.9 Å². The lowest BCUT2D eigenvalue weighted by molar-refractivity contribution is -0.141. The predicted molar refractivity (Wildman–Crippen MR) is 132 cm³/mol. The average molecular weight is 462 g/mol. The SMILES string of the molecule is C=C/C=C(\C=C/C)C(CC(C)(C)C)C(C)(C)C.CCC(=O)OCSN(C)S(C)(=O)=O. The second-order valence-electron chi connectivity index (χ2n) is 9.38. The summed E-state index contributed by atoms with van der Waals surface area (Å²) in [7, 11) is -1.80. The van der Waals surface area contributed by atoms with Crippen molar-refractivity contribution in [2.75, 3.05) is 19.2 Å². The van der Waals surface area contributed by atoms with Crippen LogP contribution < -0.4 is 0 Å². The number of esters is 1. The van der Waals surface area contributed by atoms with Crippen molar-refractivity contribution in [2.24, 2.45) is 16.7 Å². The Morgan fingerprint density at radius 2 is 1.73 bits per heavy atom. The Kier molecular flexibility index (Phi) is 14.6. The zero-order valence-electron chi connectivity index (χ0n) is 20.6. The smallest absolute Gasteiger partial charge is 0.306 e. The minimum Gasteiger partial charge on any atom is -0.453 e. The monoisotopic (exact) mass is 461 g/mol. The number of nitrogens with zero attached hydrogens (tertiary/aromatic N) is 1. The fourth-order valence-electron chi connectivity index (χ4n) is 2.52. The molecule has 0 rings (SSSR count). The molecule has 0 amide bonds. The van der Waals surface area contributed by atoms with Gasteiger partial charge in [0.25, 0.3) is 0 Å². The van der Waals surface area contributed by atoms with E-state index >= 15 is 0 Å². The summed E-state index contributed by atoms with van der Waals surface area (Å²) in [6.45, 7) is 21.5. The highest BCUT2D eigenvalue weighted by Crippen LogP contribution is 2.40. The second kappa shape index (κ2) is 14.1. The van der Waals surface area contributed by atoms with E-state index in [1.54, 1.807) is 6.92 Å². The Bertz CT molecular complexity index is 681. The molecule has 0 aromatic rings. The zero-order chi connectivity index (χ0) is 24.2. The van der Waals surface area contributed by atoms with Crippen molar-refractivity contribution in [1.82, 2.24) is 3.71 Å². The van der Waals surface area contributed by atoms with E-state index in [0.29, 0.717) is 17.8 Å². The van der Waals surface area contributed by atoms with E-state index in [1.165, 1.54) is 19.0 Å². The van der Waals surface area contributed by atoms with Crippen LogP contribution in [0.3, 0.4) is 0 Å². The topological polar surface area (TPSA) is 63.7 Å². The van der Waals surface area contributed by atoms with Crippen LogP contribution in [0.4, 0.5) is 0 Å². The van der Waals surface area contributed by atoms with Gasteiger partial charge in [0.15, 0.2) is 5.94 Å². The number of carbonyl (C=O) groups is 1. The Morgan fingerprint density at radius 3 is 2.07 bits per heavy atom. The molecule has 7 heteroatoms. The number of ether oxygens (including phenoxy) is 1. The summed E-state index contributed by atoms with van der Waals surface area (Å²) in [5.74, 6) is 0.252. The molecule has 0 aliphatic carbocycles. The van der Waals surface area contributed by atoms with Crippen LogP contribution in [0.1, 0.15) is 68.2 Å². The summed E-state index contributed by atoms with van der Waals surface area (Å²) in [5.41, 5.74) is 2.02. The van der Waals surface area contributed by atoms with Gasteiger partial charge in [0, 0.05) is 13.5 Å². The highest BCUT2D eigenvalue weighted by molar-refractivity contribution is 8.08. The van der Waals surface area contributed by atoms with Gasteiger partial charge >= 0.3 is 5.97 Å². The van der Waals surface area contributed by atoms with E-state index in [0.717, 1.165) is 21.9 Å². The van der Waals surface area contributed by atoms with Crippen LogP contribution in [0.5, 0.6) is 0 Å². The first-order valence-corrected chi connectivity index (χ1v) is 13.0. The summed E-state index contributed by atoms with van der Waals surface area (Å²) < 4.78 is 27.4. The normalized spacial score (nSPS) is 14.3. The minimum atomic E-state index is -3.20. The molecule has 0 fully saturated rings. The Balaban J connectivity index is 0.